The van der Waals surface area contributed by atoms with Crippen LogP contribution in [-0.2, 0) is 0 Å². The maximum atomic E-state index is 4.86. The van der Waals surface area contributed by atoms with E-state index >= 15 is 0 Å². The molecular weight excluding hydrogens is 450 g/mol. The molecule has 0 saturated heterocycles. The first-order valence-electron chi connectivity index (χ1n) is 12.9. The van der Waals surface area contributed by atoms with Gasteiger partial charge in [-0.05, 0) is 80.4 Å². The van der Waals surface area contributed by atoms with Crippen molar-refractivity contribution in [2.75, 3.05) is 9.91 Å². The molecule has 0 bridgehead atoms. The maximum Gasteiger partial charge on any atom is 0.0652 e. The number of anilines is 4. The molecule has 5 rings (SSSR count). The van der Waals surface area contributed by atoms with Crippen molar-refractivity contribution >= 4 is 29.0 Å². The first-order valence-corrected chi connectivity index (χ1v) is 12.9. The number of benzene rings is 4. The summed E-state index contributed by atoms with van der Waals surface area (Å²) in [6, 6.07) is 37.9. The molecule has 0 radical (unpaired) electrons. The summed E-state index contributed by atoms with van der Waals surface area (Å²) in [5.41, 5.74) is 9.42. The number of aryl methyl sites for hydroxylation is 1. The minimum Gasteiger partial charge on any atom is -0.314 e. The fourth-order valence-electron chi connectivity index (χ4n) is 4.74. The normalized spacial score (nSPS) is 15.3. The predicted octanol–water partition coefficient (Wildman–Crippen LogP) is 9.18. The molecule has 1 unspecified atom stereocenters. The molecule has 37 heavy (non-hydrogen) atoms. The van der Waals surface area contributed by atoms with Gasteiger partial charge >= 0.3 is 0 Å². The molecule has 0 N–H and O–H groups in total. The first-order chi connectivity index (χ1) is 18.1. The van der Waals surface area contributed by atoms with Crippen LogP contribution in [0.25, 0.3) is 0 Å². The van der Waals surface area contributed by atoms with Crippen molar-refractivity contribution in [2.24, 2.45) is 11.0 Å². The van der Waals surface area contributed by atoms with Gasteiger partial charge in [0.15, 0.2) is 0 Å². The van der Waals surface area contributed by atoms with E-state index in [0.717, 1.165) is 29.0 Å². The molecule has 0 fully saturated rings. The van der Waals surface area contributed by atoms with Crippen LogP contribution in [-0.4, -0.2) is 6.21 Å². The van der Waals surface area contributed by atoms with Gasteiger partial charge in [0.25, 0.3) is 0 Å². The molecule has 0 aromatic heterocycles. The van der Waals surface area contributed by atoms with Crippen LogP contribution in [0.4, 0.5) is 22.7 Å². The molecule has 3 heteroatoms. The molecule has 3 nitrogen and oxygen atoms in total. The lowest BCUT2D eigenvalue weighted by Gasteiger charge is -2.33. The van der Waals surface area contributed by atoms with Crippen molar-refractivity contribution in [3.05, 3.63) is 144 Å². The SMILES string of the molecule is CC1=CC=C(N(c2ccc(C)cc2)c2ccc(C=NN(c3ccccc3)c3ccccc3)cc2)C(C)C1. The second-order valence-corrected chi connectivity index (χ2v) is 9.70. The number of allylic oxidation sites excluding steroid dienone is 4. The number of hydrazone groups is 1. The lowest BCUT2D eigenvalue weighted by Crippen LogP contribution is -2.23. The highest BCUT2D eigenvalue weighted by atomic mass is 15.5. The predicted molar refractivity (Wildman–Crippen MR) is 158 cm³/mol. The third-order valence-electron chi connectivity index (χ3n) is 6.70. The second kappa shape index (κ2) is 11.1. The van der Waals surface area contributed by atoms with Gasteiger partial charge in [-0.3, -0.25) is 0 Å². The van der Waals surface area contributed by atoms with Gasteiger partial charge in [0.2, 0.25) is 0 Å². The van der Waals surface area contributed by atoms with E-state index in [1.165, 1.54) is 22.5 Å². The zero-order valence-corrected chi connectivity index (χ0v) is 21.8. The average Bonchev–Trinajstić information content (AvgIpc) is 2.93. The Bertz CT molecular complexity index is 1360. The Hall–Kier alpha value is -4.37. The summed E-state index contributed by atoms with van der Waals surface area (Å²) in [6.07, 6.45) is 7.53. The van der Waals surface area contributed by atoms with Crippen molar-refractivity contribution in [2.45, 2.75) is 27.2 Å². The quantitative estimate of drug-likeness (QED) is 0.193. The lowest BCUT2D eigenvalue weighted by molar-refractivity contribution is 0.647. The van der Waals surface area contributed by atoms with E-state index in [-0.39, 0.29) is 0 Å². The molecular formula is C34H33N3. The molecule has 0 spiro atoms. The van der Waals surface area contributed by atoms with Crippen molar-refractivity contribution in [1.29, 1.82) is 0 Å². The molecule has 1 aliphatic rings. The van der Waals surface area contributed by atoms with Crippen molar-refractivity contribution in [1.82, 2.24) is 0 Å². The van der Waals surface area contributed by atoms with E-state index in [1.807, 2.05) is 47.6 Å². The fourth-order valence-corrected chi connectivity index (χ4v) is 4.74. The van der Waals surface area contributed by atoms with Crippen molar-refractivity contribution in [3.8, 4) is 0 Å². The van der Waals surface area contributed by atoms with Crippen LogP contribution >= 0.6 is 0 Å². The Kier molecular flexibility index (Phi) is 7.32. The summed E-state index contributed by atoms with van der Waals surface area (Å²) in [7, 11) is 0. The smallest absolute Gasteiger partial charge is 0.0652 e. The Labute approximate surface area is 220 Å². The summed E-state index contributed by atoms with van der Waals surface area (Å²) in [5, 5.41) is 6.83. The number of hydrogen-bond acceptors (Lipinski definition) is 3. The summed E-state index contributed by atoms with van der Waals surface area (Å²) < 4.78 is 0. The van der Waals surface area contributed by atoms with E-state index < -0.39 is 0 Å². The zero-order valence-electron chi connectivity index (χ0n) is 21.8. The van der Waals surface area contributed by atoms with E-state index in [4.69, 9.17) is 5.10 Å². The van der Waals surface area contributed by atoms with Crippen molar-refractivity contribution < 1.29 is 0 Å². The highest BCUT2D eigenvalue weighted by Gasteiger charge is 2.22. The first kappa shape index (κ1) is 24.3. The van der Waals surface area contributed by atoms with E-state index in [2.05, 4.69) is 111 Å². The molecule has 0 heterocycles. The maximum absolute atomic E-state index is 4.86. The van der Waals surface area contributed by atoms with E-state index in [0.29, 0.717) is 5.92 Å². The summed E-state index contributed by atoms with van der Waals surface area (Å²) >= 11 is 0. The molecule has 0 saturated carbocycles. The summed E-state index contributed by atoms with van der Waals surface area (Å²) in [5.74, 6) is 0.442. The van der Waals surface area contributed by atoms with Gasteiger partial charge < -0.3 is 4.90 Å². The van der Waals surface area contributed by atoms with Gasteiger partial charge in [0.1, 0.15) is 0 Å². The molecule has 1 atom stereocenters. The molecule has 184 valence electrons. The minimum atomic E-state index is 0.442. The molecule has 0 amide bonds. The Morgan fingerprint density at radius 3 is 1.73 bits per heavy atom. The molecule has 0 aliphatic heterocycles. The van der Waals surface area contributed by atoms with Crippen LogP contribution in [0.1, 0.15) is 31.4 Å². The topological polar surface area (TPSA) is 18.8 Å². The van der Waals surface area contributed by atoms with Gasteiger partial charge in [-0.1, -0.05) is 84.8 Å². The highest BCUT2D eigenvalue weighted by Crippen LogP contribution is 2.37. The monoisotopic (exact) mass is 483 g/mol. The van der Waals surface area contributed by atoms with Gasteiger partial charge in [0.05, 0.1) is 17.6 Å². The molecule has 4 aromatic rings. The van der Waals surface area contributed by atoms with Gasteiger partial charge in [-0.2, -0.15) is 5.10 Å². The number of rotatable bonds is 7. The number of para-hydroxylation sites is 2. The Morgan fingerprint density at radius 1 is 0.649 bits per heavy atom. The van der Waals surface area contributed by atoms with E-state index in [9.17, 15) is 0 Å². The average molecular weight is 484 g/mol. The van der Waals surface area contributed by atoms with Crippen LogP contribution < -0.4 is 9.91 Å². The summed E-state index contributed by atoms with van der Waals surface area (Å²) in [6.45, 7) is 6.65. The molecule has 4 aromatic carbocycles. The minimum absolute atomic E-state index is 0.442. The zero-order chi connectivity index (χ0) is 25.6. The standard InChI is InChI=1S/C34H33N3/c1-26-14-19-30(20-15-26)36(34-23-16-27(2)24-28(34)3)31-21-17-29(18-22-31)25-35-37(32-10-6-4-7-11-32)33-12-8-5-9-13-33/h4-23,25,28H,24H2,1-3H3. The Balaban J connectivity index is 1.46. The van der Waals surface area contributed by atoms with E-state index in [1.54, 1.807) is 0 Å². The Morgan fingerprint density at radius 2 is 1.19 bits per heavy atom. The third kappa shape index (κ3) is 5.73. The highest BCUT2D eigenvalue weighted by molar-refractivity contribution is 5.83. The summed E-state index contributed by atoms with van der Waals surface area (Å²) in [4.78, 5) is 2.38. The number of hydrogen-bond donors (Lipinski definition) is 0. The van der Waals surface area contributed by atoms with Gasteiger partial charge in [-0.15, -0.1) is 0 Å². The van der Waals surface area contributed by atoms with Crippen LogP contribution in [0.5, 0.6) is 0 Å². The van der Waals surface area contributed by atoms with Crippen LogP contribution in [0.3, 0.4) is 0 Å². The van der Waals surface area contributed by atoms with Gasteiger partial charge in [0, 0.05) is 23.0 Å². The van der Waals surface area contributed by atoms with Crippen molar-refractivity contribution in [3.63, 3.8) is 0 Å². The third-order valence-corrected chi connectivity index (χ3v) is 6.70. The second-order valence-electron chi connectivity index (χ2n) is 9.70. The van der Waals surface area contributed by atoms with Crippen LogP contribution in [0.15, 0.2) is 138 Å². The lowest BCUT2D eigenvalue weighted by atomic mass is 9.92. The number of nitrogens with zero attached hydrogens (tertiary/aromatic N) is 3. The molecule has 1 aliphatic carbocycles. The van der Waals surface area contributed by atoms with Crippen LogP contribution in [0.2, 0.25) is 0 Å². The fraction of sp³-hybridized carbons (Fsp3) is 0.147. The van der Waals surface area contributed by atoms with Crippen LogP contribution in [0, 0.1) is 12.8 Å². The largest absolute Gasteiger partial charge is 0.314 e. The van der Waals surface area contributed by atoms with Gasteiger partial charge in [-0.25, -0.2) is 5.01 Å².